The Labute approximate surface area is 120 Å². The summed E-state index contributed by atoms with van der Waals surface area (Å²) in [4.78, 5) is 11.9. The smallest absolute Gasteiger partial charge is 0.338 e. The van der Waals surface area contributed by atoms with Crippen LogP contribution in [0.3, 0.4) is 0 Å². The summed E-state index contributed by atoms with van der Waals surface area (Å²) >= 11 is 0. The molecule has 4 nitrogen and oxygen atoms in total. The molecule has 112 valence electrons. The molecule has 1 aromatic rings. The first kappa shape index (κ1) is 16.7. The highest BCUT2D eigenvalue weighted by atomic mass is 16.6. The predicted octanol–water partition coefficient (Wildman–Crippen LogP) is 2.18. The molecule has 0 bridgehead atoms. The van der Waals surface area contributed by atoms with Gasteiger partial charge in [0.1, 0.15) is 5.60 Å². The lowest BCUT2D eigenvalue weighted by molar-refractivity contribution is 0.00694. The molecule has 0 spiro atoms. The number of ether oxygens (including phenoxy) is 1. The molecule has 0 unspecified atom stereocenters. The van der Waals surface area contributed by atoms with Gasteiger partial charge in [-0.1, -0.05) is 19.1 Å². The van der Waals surface area contributed by atoms with Crippen molar-refractivity contribution in [1.82, 2.24) is 0 Å². The number of rotatable bonds is 5. The van der Waals surface area contributed by atoms with Crippen LogP contribution < -0.4 is 0 Å². The molecule has 0 fully saturated rings. The molecule has 0 aliphatic heterocycles. The van der Waals surface area contributed by atoms with Crippen LogP contribution in [-0.2, 0) is 11.2 Å². The zero-order valence-electron chi connectivity index (χ0n) is 12.6. The SMILES string of the molecule is CC(CO)(CO)Cc1ccc(C(=O)OC(C)(C)C)cc1. The quantitative estimate of drug-likeness (QED) is 0.811. The standard InChI is InChI=1S/C16H24O4/c1-15(2,3)20-14(19)13-7-5-12(6-8-13)9-16(4,10-17)11-18/h5-8,17-18H,9-11H2,1-4H3. The summed E-state index contributed by atoms with van der Waals surface area (Å²) in [5, 5.41) is 18.6. The van der Waals surface area contributed by atoms with Crippen molar-refractivity contribution in [2.75, 3.05) is 13.2 Å². The third-order valence-electron chi connectivity index (χ3n) is 2.98. The molecule has 0 aromatic heterocycles. The first-order chi connectivity index (χ1) is 9.19. The monoisotopic (exact) mass is 280 g/mol. The van der Waals surface area contributed by atoms with E-state index in [9.17, 15) is 15.0 Å². The summed E-state index contributed by atoms with van der Waals surface area (Å²) in [6.45, 7) is 7.12. The molecule has 1 aromatic carbocycles. The van der Waals surface area contributed by atoms with Gasteiger partial charge in [-0.25, -0.2) is 4.79 Å². The highest BCUT2D eigenvalue weighted by Gasteiger charge is 2.23. The number of benzene rings is 1. The van der Waals surface area contributed by atoms with Gasteiger partial charge in [0.05, 0.1) is 18.8 Å². The molecule has 0 heterocycles. The summed E-state index contributed by atoms with van der Waals surface area (Å²) in [7, 11) is 0. The second-order valence-electron chi connectivity index (χ2n) is 6.50. The maximum atomic E-state index is 11.9. The van der Waals surface area contributed by atoms with Crippen molar-refractivity contribution in [1.29, 1.82) is 0 Å². The predicted molar refractivity (Wildman–Crippen MR) is 77.6 cm³/mol. The van der Waals surface area contributed by atoms with E-state index in [-0.39, 0.29) is 19.2 Å². The second-order valence-corrected chi connectivity index (χ2v) is 6.50. The van der Waals surface area contributed by atoms with Crippen LogP contribution in [0.2, 0.25) is 0 Å². The Bertz CT molecular complexity index is 439. The fourth-order valence-electron chi connectivity index (χ4n) is 1.75. The van der Waals surface area contributed by atoms with Crippen LogP contribution in [0.25, 0.3) is 0 Å². The maximum absolute atomic E-state index is 11.9. The van der Waals surface area contributed by atoms with Crippen molar-refractivity contribution >= 4 is 5.97 Å². The van der Waals surface area contributed by atoms with Crippen LogP contribution in [0, 0.1) is 5.41 Å². The molecular formula is C16H24O4. The summed E-state index contributed by atoms with van der Waals surface area (Å²) in [6, 6.07) is 7.06. The minimum absolute atomic E-state index is 0.0860. The number of esters is 1. The van der Waals surface area contributed by atoms with E-state index in [0.717, 1.165) is 5.56 Å². The third-order valence-corrected chi connectivity index (χ3v) is 2.98. The van der Waals surface area contributed by atoms with Crippen molar-refractivity contribution < 1.29 is 19.7 Å². The highest BCUT2D eigenvalue weighted by molar-refractivity contribution is 5.89. The molecule has 0 saturated carbocycles. The third kappa shape index (κ3) is 4.94. The first-order valence-electron chi connectivity index (χ1n) is 6.73. The van der Waals surface area contributed by atoms with Gasteiger partial charge >= 0.3 is 5.97 Å². The number of aliphatic hydroxyl groups is 2. The average Bonchev–Trinajstić information content (AvgIpc) is 2.37. The van der Waals surface area contributed by atoms with Gasteiger partial charge in [0, 0.05) is 5.41 Å². The summed E-state index contributed by atoms with van der Waals surface area (Å²) in [5.74, 6) is -0.351. The van der Waals surface area contributed by atoms with E-state index >= 15 is 0 Å². The number of carbonyl (C=O) groups excluding carboxylic acids is 1. The lowest BCUT2D eigenvalue weighted by atomic mass is 9.85. The number of hydrogen-bond donors (Lipinski definition) is 2. The lowest BCUT2D eigenvalue weighted by Crippen LogP contribution is -2.28. The Hall–Kier alpha value is -1.39. The average molecular weight is 280 g/mol. The molecule has 0 atom stereocenters. The summed E-state index contributed by atoms with van der Waals surface area (Å²) in [5.41, 5.74) is 0.400. The Kier molecular flexibility index (Phi) is 5.31. The van der Waals surface area contributed by atoms with Crippen molar-refractivity contribution in [3.05, 3.63) is 35.4 Å². The zero-order valence-corrected chi connectivity index (χ0v) is 12.6. The van der Waals surface area contributed by atoms with Crippen LogP contribution in [0.4, 0.5) is 0 Å². The topological polar surface area (TPSA) is 66.8 Å². The van der Waals surface area contributed by atoms with Crippen molar-refractivity contribution in [2.45, 2.75) is 39.7 Å². The fraction of sp³-hybridized carbons (Fsp3) is 0.562. The number of aliphatic hydroxyl groups excluding tert-OH is 2. The van der Waals surface area contributed by atoms with E-state index in [1.165, 1.54) is 0 Å². The van der Waals surface area contributed by atoms with Crippen LogP contribution >= 0.6 is 0 Å². The fourth-order valence-corrected chi connectivity index (χ4v) is 1.75. The van der Waals surface area contributed by atoms with Crippen molar-refractivity contribution in [3.63, 3.8) is 0 Å². The first-order valence-corrected chi connectivity index (χ1v) is 6.73. The van der Waals surface area contributed by atoms with Crippen molar-refractivity contribution in [3.8, 4) is 0 Å². The normalized spacial score (nSPS) is 12.3. The van der Waals surface area contributed by atoms with Gasteiger partial charge in [0.2, 0.25) is 0 Å². The Morgan fingerprint density at radius 1 is 1.05 bits per heavy atom. The molecular weight excluding hydrogens is 256 g/mol. The molecule has 0 radical (unpaired) electrons. The molecule has 0 aliphatic rings. The van der Waals surface area contributed by atoms with Gasteiger partial charge in [-0.15, -0.1) is 0 Å². The Balaban J connectivity index is 2.77. The second kappa shape index (κ2) is 6.37. The van der Waals surface area contributed by atoms with Crippen LogP contribution in [0.15, 0.2) is 24.3 Å². The molecule has 2 N–H and O–H groups in total. The molecule has 0 aliphatic carbocycles. The van der Waals surface area contributed by atoms with E-state index in [0.29, 0.717) is 12.0 Å². The van der Waals surface area contributed by atoms with Gasteiger partial charge in [-0.3, -0.25) is 0 Å². The van der Waals surface area contributed by atoms with E-state index in [1.54, 1.807) is 12.1 Å². The van der Waals surface area contributed by atoms with Crippen LogP contribution in [0.5, 0.6) is 0 Å². The summed E-state index contributed by atoms with van der Waals surface area (Å²) in [6.07, 6.45) is 0.550. The minimum Gasteiger partial charge on any atom is -0.456 e. The van der Waals surface area contributed by atoms with Crippen LogP contribution in [-0.4, -0.2) is 35.0 Å². The van der Waals surface area contributed by atoms with Gasteiger partial charge in [0.15, 0.2) is 0 Å². The lowest BCUT2D eigenvalue weighted by Gasteiger charge is -2.24. The minimum atomic E-state index is -0.548. The van der Waals surface area contributed by atoms with Crippen molar-refractivity contribution in [2.24, 2.45) is 5.41 Å². The maximum Gasteiger partial charge on any atom is 0.338 e. The zero-order chi connectivity index (χ0) is 15.4. The Morgan fingerprint density at radius 3 is 1.95 bits per heavy atom. The Morgan fingerprint density at radius 2 is 1.55 bits per heavy atom. The molecule has 0 amide bonds. The molecule has 20 heavy (non-hydrogen) atoms. The molecule has 1 rings (SSSR count). The van der Waals surface area contributed by atoms with E-state index in [4.69, 9.17) is 4.74 Å². The van der Waals surface area contributed by atoms with Gasteiger partial charge in [-0.2, -0.15) is 0 Å². The van der Waals surface area contributed by atoms with Crippen LogP contribution in [0.1, 0.15) is 43.6 Å². The highest BCUT2D eigenvalue weighted by Crippen LogP contribution is 2.22. The number of hydrogen-bond acceptors (Lipinski definition) is 4. The van der Waals surface area contributed by atoms with E-state index in [2.05, 4.69) is 0 Å². The largest absolute Gasteiger partial charge is 0.456 e. The summed E-state index contributed by atoms with van der Waals surface area (Å²) < 4.78 is 5.29. The van der Waals surface area contributed by atoms with E-state index in [1.807, 2.05) is 39.8 Å². The van der Waals surface area contributed by atoms with Gasteiger partial charge < -0.3 is 14.9 Å². The number of carbonyl (C=O) groups is 1. The molecule has 0 saturated heterocycles. The van der Waals surface area contributed by atoms with Gasteiger partial charge in [-0.05, 0) is 44.9 Å². The van der Waals surface area contributed by atoms with Gasteiger partial charge in [0.25, 0.3) is 0 Å². The van der Waals surface area contributed by atoms with E-state index < -0.39 is 11.0 Å². The molecule has 4 heteroatoms.